The molecule has 3 aromatic rings. The number of hydrogen-bond acceptors (Lipinski definition) is 8. The number of nitrogens with zero attached hydrogens (tertiary/aromatic N) is 5. The summed E-state index contributed by atoms with van der Waals surface area (Å²) in [5.74, 6) is 2.05. The minimum atomic E-state index is -0.220. The van der Waals surface area contributed by atoms with E-state index in [1.54, 1.807) is 17.9 Å². The van der Waals surface area contributed by atoms with E-state index in [-0.39, 0.29) is 48.5 Å². The molecular weight excluding hydrogens is 531 g/mol. The van der Waals surface area contributed by atoms with E-state index >= 15 is 0 Å². The highest BCUT2D eigenvalue weighted by molar-refractivity contribution is 5.97. The quantitative estimate of drug-likeness (QED) is 0.296. The van der Waals surface area contributed by atoms with Crippen LogP contribution in [0.4, 0.5) is 11.6 Å². The van der Waals surface area contributed by atoms with Crippen LogP contribution in [0.3, 0.4) is 0 Å². The number of carbonyl (C=O) groups is 1. The van der Waals surface area contributed by atoms with Crippen molar-refractivity contribution < 1.29 is 36.1 Å². The number of hydrogen-bond donors (Lipinski definition) is 1. The average Bonchev–Trinajstić information content (AvgIpc) is 3.65. The smallest absolute Gasteiger partial charge is 0.355 e. The van der Waals surface area contributed by atoms with Gasteiger partial charge in [0.1, 0.15) is 5.75 Å². The van der Waals surface area contributed by atoms with Gasteiger partial charge in [0.05, 0.1) is 32.6 Å². The second-order valence-electron chi connectivity index (χ2n) is 10.6. The van der Waals surface area contributed by atoms with Gasteiger partial charge in [-0.05, 0) is 46.5 Å². The summed E-state index contributed by atoms with van der Waals surface area (Å²) in [6, 6.07) is 7.49. The first kappa shape index (κ1) is 29.7. The van der Waals surface area contributed by atoms with Gasteiger partial charge in [0.25, 0.3) is 5.88 Å². The van der Waals surface area contributed by atoms with E-state index in [0.717, 1.165) is 30.1 Å². The lowest BCUT2D eigenvalue weighted by Gasteiger charge is -2.33. The van der Waals surface area contributed by atoms with E-state index in [1.807, 2.05) is 18.2 Å². The van der Waals surface area contributed by atoms with Crippen LogP contribution in [0.5, 0.6) is 11.6 Å². The Morgan fingerprint density at radius 2 is 1.92 bits per heavy atom. The molecule has 0 amide bonds. The Bertz CT molecular complexity index is 1280. The summed E-state index contributed by atoms with van der Waals surface area (Å²) in [4.78, 5) is 15.8. The van der Waals surface area contributed by atoms with E-state index in [9.17, 15) is 4.79 Å². The van der Waals surface area contributed by atoms with Gasteiger partial charge in [-0.3, -0.25) is 4.79 Å². The van der Waals surface area contributed by atoms with Crippen molar-refractivity contribution in [3.63, 3.8) is 0 Å². The normalized spacial score (nSPS) is 15.5. The molecule has 1 aliphatic heterocycles. The maximum absolute atomic E-state index is 13.6. The molecule has 3 heterocycles. The second-order valence-corrected chi connectivity index (χ2v) is 10.6. The predicted molar refractivity (Wildman–Crippen MR) is 142 cm³/mol. The molecule has 208 valence electrons. The summed E-state index contributed by atoms with van der Waals surface area (Å²) >= 11 is 0. The molecule has 10 nitrogen and oxygen atoms in total. The molecule has 1 aliphatic carbocycles. The van der Waals surface area contributed by atoms with Crippen molar-refractivity contribution in [2.24, 2.45) is 5.92 Å². The Hall–Kier alpha value is -2.82. The molecule has 1 saturated heterocycles. The minimum Gasteiger partial charge on any atom is -1.00 e. The molecule has 2 aromatic heterocycles. The average molecular weight is 568 g/mol. The Kier molecular flexibility index (Phi) is 9.33. The van der Waals surface area contributed by atoms with Gasteiger partial charge in [0, 0.05) is 36.3 Å². The lowest BCUT2D eigenvalue weighted by molar-refractivity contribution is -0.714. The molecule has 0 atom stereocenters. The number of halogens is 2. The van der Waals surface area contributed by atoms with Crippen molar-refractivity contribution in [1.82, 2.24) is 14.7 Å². The first-order valence-electron chi connectivity index (χ1n) is 12.5. The Morgan fingerprint density at radius 1 is 1.21 bits per heavy atom. The molecule has 0 spiro atoms. The lowest BCUT2D eigenvalue weighted by atomic mass is 9.84. The van der Waals surface area contributed by atoms with E-state index in [2.05, 4.69) is 35.9 Å². The van der Waals surface area contributed by atoms with Crippen LogP contribution in [-0.4, -0.2) is 60.5 Å². The molecule has 38 heavy (non-hydrogen) atoms. The van der Waals surface area contributed by atoms with Gasteiger partial charge < -0.3 is 37.3 Å². The van der Waals surface area contributed by atoms with Crippen LogP contribution in [0.15, 0.2) is 24.3 Å². The standard InChI is InChI=1S/C26H35N6O4.2ClH/c1-26(2,3)19-13-18(14-20(24(19)34-4)30-9-11-35-12-10-30)21(33)15-31-23-8-7-22(36-16-17-5-6-17)28-32(23)25(27)29-31;;/h7-8,13-14,17H,5-6,9-12,15-16H2,1-4H3,(H2,27,29);2*1H/q+1;;/p-1. The molecule has 0 radical (unpaired) electrons. The molecule has 1 aromatic carbocycles. The number of benzene rings is 1. The number of fused-ring (bicyclic) bond motifs is 1. The van der Waals surface area contributed by atoms with Crippen molar-refractivity contribution >= 4 is 35.5 Å². The fraction of sp³-hybridized carbons (Fsp3) is 0.538. The first-order valence-corrected chi connectivity index (χ1v) is 12.5. The van der Waals surface area contributed by atoms with Crippen LogP contribution in [0, 0.1) is 5.92 Å². The number of carbonyl (C=O) groups excluding carboxylic acids is 1. The van der Waals surface area contributed by atoms with Crippen LogP contribution in [0.2, 0.25) is 0 Å². The van der Waals surface area contributed by atoms with Gasteiger partial charge in [-0.15, -0.1) is 17.1 Å². The Balaban J connectivity index is 0.00000200. The number of nitrogens with two attached hydrogens (primary N) is 1. The van der Waals surface area contributed by atoms with Gasteiger partial charge in [-0.1, -0.05) is 25.3 Å². The third kappa shape index (κ3) is 6.24. The van der Waals surface area contributed by atoms with E-state index in [4.69, 9.17) is 19.9 Å². The third-order valence-corrected chi connectivity index (χ3v) is 6.71. The number of nitrogen functional groups attached to an aromatic ring is 1. The van der Waals surface area contributed by atoms with Gasteiger partial charge in [0.2, 0.25) is 5.78 Å². The summed E-state index contributed by atoms with van der Waals surface area (Å²) < 4.78 is 20.3. The molecule has 0 bridgehead atoms. The van der Waals surface area contributed by atoms with E-state index < -0.39 is 0 Å². The van der Waals surface area contributed by atoms with E-state index in [1.165, 1.54) is 17.4 Å². The highest BCUT2D eigenvalue weighted by Crippen LogP contribution is 2.40. The topological polar surface area (TPSA) is 108 Å². The van der Waals surface area contributed by atoms with Gasteiger partial charge in [-0.25, -0.2) is 0 Å². The van der Waals surface area contributed by atoms with Crippen LogP contribution in [-0.2, 0) is 16.7 Å². The second kappa shape index (κ2) is 11.9. The summed E-state index contributed by atoms with van der Waals surface area (Å²) in [7, 11) is 1.68. The maximum atomic E-state index is 13.6. The molecule has 0 unspecified atom stereocenters. The van der Waals surface area contributed by atoms with Gasteiger partial charge in [-0.2, -0.15) is 0 Å². The summed E-state index contributed by atoms with van der Waals surface area (Å²) in [6.07, 6.45) is 2.40. The zero-order valence-electron chi connectivity index (χ0n) is 22.3. The number of Topliss-reactive ketones (excluding diaryl/α,β-unsaturated/α-hetero) is 1. The summed E-state index contributed by atoms with van der Waals surface area (Å²) in [5, 5.41) is 8.85. The highest BCUT2D eigenvalue weighted by Gasteiger charge is 2.29. The van der Waals surface area contributed by atoms with Gasteiger partial charge >= 0.3 is 11.6 Å². The number of ether oxygens (including phenoxy) is 3. The molecule has 1 saturated carbocycles. The zero-order chi connectivity index (χ0) is 25.4. The highest BCUT2D eigenvalue weighted by atomic mass is 35.5. The number of rotatable bonds is 8. The van der Waals surface area contributed by atoms with Crippen molar-refractivity contribution in [3.8, 4) is 11.6 Å². The van der Waals surface area contributed by atoms with Crippen LogP contribution in [0.1, 0.15) is 49.5 Å². The number of aromatic nitrogens is 4. The maximum Gasteiger partial charge on any atom is 0.355 e. The molecule has 2 N–H and O–H groups in total. The summed E-state index contributed by atoms with van der Waals surface area (Å²) in [6.45, 7) is 9.81. The SMILES string of the molecule is COc1c(N2CCOCC2)cc(C(=O)C[n+]2nc(N)n3nc(OCC4CC4)ccc32)cc1C(C)(C)C.Cl.[Cl-]. The molecule has 5 rings (SSSR count). The zero-order valence-corrected chi connectivity index (χ0v) is 23.8. The van der Waals surface area contributed by atoms with Crippen molar-refractivity contribution in [1.29, 1.82) is 0 Å². The fourth-order valence-electron chi connectivity index (χ4n) is 4.47. The number of ketones is 1. The monoisotopic (exact) mass is 566 g/mol. The minimum absolute atomic E-state index is 0. The predicted octanol–water partition coefficient (Wildman–Crippen LogP) is -0.161. The fourth-order valence-corrected chi connectivity index (χ4v) is 4.47. The Morgan fingerprint density at radius 3 is 2.55 bits per heavy atom. The first-order chi connectivity index (χ1) is 17.2. The van der Waals surface area contributed by atoms with Crippen molar-refractivity contribution in [3.05, 3.63) is 35.4 Å². The van der Waals surface area contributed by atoms with Gasteiger partial charge in [0.15, 0.2) is 6.54 Å². The Labute approximate surface area is 235 Å². The van der Waals surface area contributed by atoms with Crippen molar-refractivity contribution in [2.45, 2.75) is 45.6 Å². The number of methoxy groups -OCH3 is 1. The molecule has 12 heteroatoms. The number of anilines is 2. The molecular formula is C26H36Cl2N6O4. The van der Waals surface area contributed by atoms with Crippen LogP contribution < -0.4 is 37.2 Å². The molecule has 2 fully saturated rings. The van der Waals surface area contributed by atoms with E-state index in [0.29, 0.717) is 42.8 Å². The van der Waals surface area contributed by atoms with Crippen molar-refractivity contribution in [2.75, 3.05) is 50.7 Å². The largest absolute Gasteiger partial charge is 1.00 e. The lowest BCUT2D eigenvalue weighted by Crippen LogP contribution is -3.00. The summed E-state index contributed by atoms with van der Waals surface area (Å²) in [5.41, 5.74) is 9.04. The van der Waals surface area contributed by atoms with Crippen LogP contribution in [0.25, 0.3) is 5.65 Å². The molecule has 2 aliphatic rings. The number of morpholine rings is 1. The third-order valence-electron chi connectivity index (χ3n) is 6.71. The van der Waals surface area contributed by atoms with Crippen LogP contribution >= 0.6 is 12.4 Å².